The number of hydrogen-bond donors (Lipinski definition) is 1. The van der Waals surface area contributed by atoms with E-state index in [1.165, 1.54) is 0 Å². The van der Waals surface area contributed by atoms with Crippen LogP contribution in [0.2, 0.25) is 0 Å². The lowest BCUT2D eigenvalue weighted by Gasteiger charge is -2.18. The fourth-order valence-electron chi connectivity index (χ4n) is 2.48. The lowest BCUT2D eigenvalue weighted by atomic mass is 10.2. The summed E-state index contributed by atoms with van der Waals surface area (Å²) in [6, 6.07) is 25.3. The van der Waals surface area contributed by atoms with Crippen molar-refractivity contribution in [2.75, 3.05) is 25.5 Å². The number of carbonyl (C=O) groups is 1. The molecule has 1 N–H and O–H groups in total. The van der Waals surface area contributed by atoms with Gasteiger partial charge in [0, 0.05) is 12.7 Å². The highest BCUT2D eigenvalue weighted by Gasteiger charge is 2.09. The van der Waals surface area contributed by atoms with Gasteiger partial charge in [-0.05, 0) is 60.7 Å². The van der Waals surface area contributed by atoms with Crippen LogP contribution in [0.1, 0.15) is 5.56 Å². The first-order valence-electron chi connectivity index (χ1n) is 9.12. The van der Waals surface area contributed by atoms with Gasteiger partial charge in [0.1, 0.15) is 23.9 Å². The maximum absolute atomic E-state index is 12.3. The Labute approximate surface area is 169 Å². The molecular formula is C23H21N3O3. The van der Waals surface area contributed by atoms with Crippen LogP contribution >= 0.6 is 0 Å². The number of likely N-dealkylation sites (N-methyl/N-ethyl adjacent to an activating group) is 1. The van der Waals surface area contributed by atoms with Crippen LogP contribution in [0.4, 0.5) is 10.5 Å². The maximum atomic E-state index is 12.3. The van der Waals surface area contributed by atoms with Gasteiger partial charge < -0.3 is 19.7 Å². The summed E-state index contributed by atoms with van der Waals surface area (Å²) >= 11 is 0. The number of carbonyl (C=O) groups excluding carboxylic acids is 1. The molecule has 0 saturated carbocycles. The average Bonchev–Trinajstić information content (AvgIpc) is 2.76. The molecule has 0 saturated heterocycles. The summed E-state index contributed by atoms with van der Waals surface area (Å²) in [5.41, 5.74) is 1.24. The molecule has 0 radical (unpaired) electrons. The van der Waals surface area contributed by atoms with Gasteiger partial charge in [-0.3, -0.25) is 0 Å². The summed E-state index contributed by atoms with van der Waals surface area (Å²) in [5.74, 6) is 2.05. The minimum Gasteiger partial charge on any atom is -0.492 e. The van der Waals surface area contributed by atoms with E-state index < -0.39 is 0 Å². The van der Waals surface area contributed by atoms with Gasteiger partial charge in [-0.25, -0.2) is 4.79 Å². The quantitative estimate of drug-likeness (QED) is 0.626. The van der Waals surface area contributed by atoms with Crippen LogP contribution in [-0.2, 0) is 0 Å². The topological polar surface area (TPSA) is 74.6 Å². The molecule has 0 heterocycles. The van der Waals surface area contributed by atoms with E-state index in [-0.39, 0.29) is 6.03 Å². The third kappa shape index (κ3) is 6.01. The molecule has 0 unspecified atom stereocenters. The Hall–Kier alpha value is -3.98. The van der Waals surface area contributed by atoms with E-state index in [1.807, 2.05) is 30.3 Å². The second kappa shape index (κ2) is 9.81. The Morgan fingerprint density at radius 2 is 1.55 bits per heavy atom. The lowest BCUT2D eigenvalue weighted by Crippen LogP contribution is -2.34. The van der Waals surface area contributed by atoms with Crippen LogP contribution in [0.25, 0.3) is 0 Å². The summed E-state index contributed by atoms with van der Waals surface area (Å²) in [6.45, 7) is 0.867. The first kappa shape index (κ1) is 19.8. The van der Waals surface area contributed by atoms with Gasteiger partial charge >= 0.3 is 6.03 Å². The molecule has 0 bridgehead atoms. The van der Waals surface area contributed by atoms with E-state index in [0.717, 1.165) is 5.75 Å². The normalized spacial score (nSPS) is 9.93. The minimum atomic E-state index is -0.220. The van der Waals surface area contributed by atoms with Gasteiger partial charge in [-0.1, -0.05) is 18.2 Å². The van der Waals surface area contributed by atoms with E-state index >= 15 is 0 Å². The average molecular weight is 387 g/mol. The SMILES string of the molecule is CN(CCOc1ccccc1)C(=O)Nc1ccc(Oc2ccc(C#N)cc2)cc1. The third-order valence-corrected chi connectivity index (χ3v) is 4.11. The number of ether oxygens (including phenoxy) is 2. The number of anilines is 1. The van der Waals surface area contributed by atoms with Gasteiger partial charge in [0.15, 0.2) is 0 Å². The van der Waals surface area contributed by atoms with Crippen molar-refractivity contribution in [3.63, 3.8) is 0 Å². The third-order valence-electron chi connectivity index (χ3n) is 4.11. The van der Waals surface area contributed by atoms with E-state index in [9.17, 15) is 4.79 Å². The molecule has 0 spiro atoms. The molecule has 0 atom stereocenters. The Balaban J connectivity index is 1.46. The van der Waals surface area contributed by atoms with E-state index in [2.05, 4.69) is 11.4 Å². The zero-order valence-corrected chi connectivity index (χ0v) is 16.0. The van der Waals surface area contributed by atoms with E-state index in [4.69, 9.17) is 14.7 Å². The van der Waals surface area contributed by atoms with Gasteiger partial charge in [-0.15, -0.1) is 0 Å². The predicted octanol–water partition coefficient (Wildman–Crippen LogP) is 4.89. The second-order valence-corrected chi connectivity index (χ2v) is 6.28. The molecule has 3 aromatic carbocycles. The number of nitrogens with one attached hydrogen (secondary N) is 1. The fourth-order valence-corrected chi connectivity index (χ4v) is 2.48. The highest BCUT2D eigenvalue weighted by Crippen LogP contribution is 2.23. The number of benzene rings is 3. The number of nitriles is 1. The van der Waals surface area contributed by atoms with Crippen molar-refractivity contribution in [1.82, 2.24) is 4.90 Å². The molecular weight excluding hydrogens is 366 g/mol. The molecule has 0 fully saturated rings. The predicted molar refractivity (Wildman–Crippen MR) is 111 cm³/mol. The number of urea groups is 1. The Morgan fingerprint density at radius 1 is 0.931 bits per heavy atom. The second-order valence-electron chi connectivity index (χ2n) is 6.28. The number of hydrogen-bond acceptors (Lipinski definition) is 4. The van der Waals surface area contributed by atoms with E-state index in [1.54, 1.807) is 60.5 Å². The van der Waals surface area contributed by atoms with Gasteiger partial charge in [0.25, 0.3) is 0 Å². The van der Waals surface area contributed by atoms with Crippen molar-refractivity contribution in [2.45, 2.75) is 0 Å². The molecule has 6 heteroatoms. The van der Waals surface area contributed by atoms with Gasteiger partial charge in [0.05, 0.1) is 18.2 Å². The van der Waals surface area contributed by atoms with Crippen LogP contribution < -0.4 is 14.8 Å². The summed E-state index contributed by atoms with van der Waals surface area (Å²) in [7, 11) is 1.71. The molecule has 3 aromatic rings. The van der Waals surface area contributed by atoms with Crippen LogP contribution in [0, 0.1) is 11.3 Å². The molecule has 0 aliphatic rings. The van der Waals surface area contributed by atoms with Crippen molar-refractivity contribution in [3.8, 4) is 23.3 Å². The fraction of sp³-hybridized carbons (Fsp3) is 0.130. The van der Waals surface area contributed by atoms with Crippen molar-refractivity contribution in [3.05, 3.63) is 84.4 Å². The molecule has 3 rings (SSSR count). The Morgan fingerprint density at radius 3 is 2.17 bits per heavy atom. The van der Waals surface area contributed by atoms with Crippen molar-refractivity contribution in [1.29, 1.82) is 5.26 Å². The molecule has 146 valence electrons. The zero-order valence-electron chi connectivity index (χ0n) is 16.0. The summed E-state index contributed by atoms with van der Waals surface area (Å²) in [6.07, 6.45) is 0. The molecule has 0 aliphatic carbocycles. The highest BCUT2D eigenvalue weighted by atomic mass is 16.5. The van der Waals surface area contributed by atoms with Crippen molar-refractivity contribution in [2.24, 2.45) is 0 Å². The summed E-state index contributed by atoms with van der Waals surface area (Å²) < 4.78 is 11.3. The van der Waals surface area contributed by atoms with Crippen LogP contribution in [0.3, 0.4) is 0 Å². The number of para-hydroxylation sites is 1. The van der Waals surface area contributed by atoms with E-state index in [0.29, 0.717) is 35.9 Å². The van der Waals surface area contributed by atoms with Crippen LogP contribution in [0.5, 0.6) is 17.2 Å². The summed E-state index contributed by atoms with van der Waals surface area (Å²) in [5, 5.41) is 11.7. The molecule has 2 amide bonds. The Bertz CT molecular complexity index is 965. The summed E-state index contributed by atoms with van der Waals surface area (Å²) in [4.78, 5) is 13.9. The lowest BCUT2D eigenvalue weighted by molar-refractivity contribution is 0.207. The van der Waals surface area contributed by atoms with Gasteiger partial charge in [0.2, 0.25) is 0 Å². The number of amides is 2. The first-order valence-corrected chi connectivity index (χ1v) is 9.12. The molecule has 29 heavy (non-hydrogen) atoms. The smallest absolute Gasteiger partial charge is 0.321 e. The molecule has 0 aromatic heterocycles. The molecule has 6 nitrogen and oxygen atoms in total. The van der Waals surface area contributed by atoms with Crippen LogP contribution in [-0.4, -0.2) is 31.1 Å². The highest BCUT2D eigenvalue weighted by molar-refractivity contribution is 5.89. The minimum absolute atomic E-state index is 0.220. The molecule has 0 aliphatic heterocycles. The van der Waals surface area contributed by atoms with Crippen molar-refractivity contribution >= 4 is 11.7 Å². The maximum Gasteiger partial charge on any atom is 0.321 e. The standard InChI is InChI=1S/C23H21N3O3/c1-26(15-16-28-20-5-3-2-4-6-20)23(27)25-19-9-13-22(14-10-19)29-21-11-7-18(17-24)8-12-21/h2-14H,15-16H2,1H3,(H,25,27). The first-order chi connectivity index (χ1) is 14.1. The number of nitrogens with zero attached hydrogens (tertiary/aromatic N) is 2. The van der Waals surface area contributed by atoms with Crippen LogP contribution in [0.15, 0.2) is 78.9 Å². The zero-order chi connectivity index (χ0) is 20.5. The Kier molecular flexibility index (Phi) is 6.69. The number of rotatable bonds is 7. The largest absolute Gasteiger partial charge is 0.492 e. The van der Waals surface area contributed by atoms with Crippen molar-refractivity contribution < 1.29 is 14.3 Å². The van der Waals surface area contributed by atoms with Gasteiger partial charge in [-0.2, -0.15) is 5.26 Å². The monoisotopic (exact) mass is 387 g/mol.